The number of hydrogen-bond donors (Lipinski definition) is 0. The van der Waals surface area contributed by atoms with Crippen LogP contribution in [0.5, 0.6) is 0 Å². The lowest BCUT2D eigenvalue weighted by Gasteiger charge is -2.14. The van der Waals surface area contributed by atoms with E-state index in [1.54, 1.807) is 38.1 Å². The minimum atomic E-state index is -0.575. The molecule has 0 bridgehead atoms. The van der Waals surface area contributed by atoms with E-state index < -0.39 is 11.9 Å². The van der Waals surface area contributed by atoms with Crippen molar-refractivity contribution in [1.82, 2.24) is 15.0 Å². The van der Waals surface area contributed by atoms with E-state index in [1.165, 1.54) is 9.81 Å². The highest BCUT2D eigenvalue weighted by atomic mass is 35.5. The third-order valence-electron chi connectivity index (χ3n) is 4.94. The number of halogens is 1. The SMILES string of the molecule is CC1=NN(c2ccc(Cl)cc2)C(=O)[C@H]1CCOC(=O)c1nn(-c2ccccc2)nc1C. The molecule has 0 spiro atoms. The molecule has 158 valence electrons. The molecule has 2 heterocycles. The van der Waals surface area contributed by atoms with Gasteiger partial charge in [0.2, 0.25) is 0 Å². The maximum Gasteiger partial charge on any atom is 0.360 e. The zero-order valence-electron chi connectivity index (χ0n) is 17.0. The van der Waals surface area contributed by atoms with Crippen LogP contribution in [0.1, 0.15) is 29.5 Å². The number of nitrogens with zero attached hydrogens (tertiary/aromatic N) is 5. The molecular weight excluding hydrogens is 418 g/mol. The van der Waals surface area contributed by atoms with Crippen molar-refractivity contribution < 1.29 is 14.3 Å². The fourth-order valence-electron chi connectivity index (χ4n) is 3.28. The number of hydrogen-bond acceptors (Lipinski definition) is 6. The Morgan fingerprint density at radius 2 is 1.74 bits per heavy atom. The molecule has 0 aliphatic carbocycles. The van der Waals surface area contributed by atoms with Gasteiger partial charge in [0.05, 0.1) is 29.6 Å². The van der Waals surface area contributed by atoms with Crippen molar-refractivity contribution in [3.05, 3.63) is 71.0 Å². The third-order valence-corrected chi connectivity index (χ3v) is 5.19. The van der Waals surface area contributed by atoms with Gasteiger partial charge in [0.15, 0.2) is 5.69 Å². The highest BCUT2D eigenvalue weighted by Crippen LogP contribution is 2.27. The lowest BCUT2D eigenvalue weighted by atomic mass is 10.0. The molecule has 1 aliphatic heterocycles. The summed E-state index contributed by atoms with van der Waals surface area (Å²) in [5.41, 5.74) is 2.67. The molecule has 2 aromatic carbocycles. The second-order valence-electron chi connectivity index (χ2n) is 7.10. The minimum Gasteiger partial charge on any atom is -0.461 e. The molecule has 1 atom stereocenters. The monoisotopic (exact) mass is 437 g/mol. The van der Waals surface area contributed by atoms with E-state index >= 15 is 0 Å². The molecule has 0 saturated carbocycles. The lowest BCUT2D eigenvalue weighted by molar-refractivity contribution is -0.120. The van der Waals surface area contributed by atoms with Crippen LogP contribution in [0.4, 0.5) is 5.69 Å². The lowest BCUT2D eigenvalue weighted by Crippen LogP contribution is -2.28. The van der Waals surface area contributed by atoms with Crippen molar-refractivity contribution in [2.45, 2.75) is 20.3 Å². The summed E-state index contributed by atoms with van der Waals surface area (Å²) in [6.07, 6.45) is 0.329. The number of esters is 1. The average Bonchev–Trinajstić information content (AvgIpc) is 3.29. The van der Waals surface area contributed by atoms with E-state index in [9.17, 15) is 9.59 Å². The maximum atomic E-state index is 12.8. The standard InChI is InChI=1S/C22H20ClN5O3/c1-14-19(21(29)27(24-14)17-10-8-16(23)9-11-17)12-13-31-22(30)20-15(2)25-28(26-20)18-6-4-3-5-7-18/h3-11,19H,12-13H2,1-2H3/t19-/m0/s1. The van der Waals surface area contributed by atoms with E-state index in [1.807, 2.05) is 30.3 Å². The first kappa shape index (κ1) is 20.7. The number of benzene rings is 2. The van der Waals surface area contributed by atoms with E-state index in [2.05, 4.69) is 15.3 Å². The Hall–Kier alpha value is -3.52. The summed E-state index contributed by atoms with van der Waals surface area (Å²) < 4.78 is 5.38. The number of amides is 1. The molecule has 4 rings (SSSR count). The van der Waals surface area contributed by atoms with Crippen molar-refractivity contribution in [1.29, 1.82) is 0 Å². The molecule has 8 nitrogen and oxygen atoms in total. The predicted molar refractivity (Wildman–Crippen MR) is 117 cm³/mol. The van der Waals surface area contributed by atoms with Gasteiger partial charge in [-0.1, -0.05) is 29.8 Å². The van der Waals surface area contributed by atoms with Crippen LogP contribution >= 0.6 is 11.6 Å². The fraction of sp³-hybridized carbons (Fsp3) is 0.227. The summed E-state index contributed by atoms with van der Waals surface area (Å²) in [6.45, 7) is 3.55. The molecule has 3 aromatic rings. The molecule has 0 radical (unpaired) electrons. The van der Waals surface area contributed by atoms with E-state index in [-0.39, 0.29) is 18.2 Å². The van der Waals surface area contributed by atoms with Crippen LogP contribution in [0.15, 0.2) is 59.7 Å². The molecule has 1 aliphatic rings. The molecule has 1 amide bonds. The minimum absolute atomic E-state index is 0.0637. The van der Waals surface area contributed by atoms with Crippen LogP contribution in [-0.2, 0) is 9.53 Å². The summed E-state index contributed by atoms with van der Waals surface area (Å²) in [7, 11) is 0. The van der Waals surface area contributed by atoms with Gasteiger partial charge in [0.25, 0.3) is 5.91 Å². The van der Waals surface area contributed by atoms with Crippen LogP contribution in [0.3, 0.4) is 0 Å². The first-order valence-corrected chi connectivity index (χ1v) is 10.1. The Morgan fingerprint density at radius 3 is 2.45 bits per heavy atom. The van der Waals surface area contributed by atoms with Crippen molar-refractivity contribution in [2.75, 3.05) is 11.6 Å². The van der Waals surface area contributed by atoms with Crippen molar-refractivity contribution >= 4 is 34.9 Å². The summed E-state index contributed by atoms with van der Waals surface area (Å²) in [5, 5.41) is 14.8. The number of aromatic nitrogens is 3. The van der Waals surface area contributed by atoms with Gasteiger partial charge in [-0.2, -0.15) is 15.0 Å². The Morgan fingerprint density at radius 1 is 1.03 bits per heavy atom. The quantitative estimate of drug-likeness (QED) is 0.547. The number of para-hydroxylation sites is 1. The highest BCUT2D eigenvalue weighted by molar-refractivity contribution is 6.30. The molecule has 31 heavy (non-hydrogen) atoms. The van der Waals surface area contributed by atoms with Crippen LogP contribution < -0.4 is 5.01 Å². The van der Waals surface area contributed by atoms with Crippen LogP contribution in [0.2, 0.25) is 5.02 Å². The van der Waals surface area contributed by atoms with Gasteiger partial charge in [0.1, 0.15) is 0 Å². The summed E-state index contributed by atoms with van der Waals surface area (Å²) >= 11 is 5.91. The molecular formula is C22H20ClN5O3. The van der Waals surface area contributed by atoms with Gasteiger partial charge in [-0.05, 0) is 56.7 Å². The highest BCUT2D eigenvalue weighted by Gasteiger charge is 2.34. The second kappa shape index (κ2) is 8.69. The smallest absolute Gasteiger partial charge is 0.360 e. The fourth-order valence-corrected chi connectivity index (χ4v) is 3.41. The average molecular weight is 438 g/mol. The van der Waals surface area contributed by atoms with E-state index in [0.29, 0.717) is 28.5 Å². The van der Waals surface area contributed by atoms with Crippen LogP contribution in [-0.4, -0.2) is 39.2 Å². The number of aryl methyl sites for hydroxylation is 1. The van der Waals surface area contributed by atoms with Crippen molar-refractivity contribution in [3.8, 4) is 5.69 Å². The predicted octanol–water partition coefficient (Wildman–Crippen LogP) is 3.81. The number of hydrazone groups is 1. The molecule has 0 saturated heterocycles. The van der Waals surface area contributed by atoms with Crippen molar-refractivity contribution in [3.63, 3.8) is 0 Å². The number of carbonyl (C=O) groups is 2. The third kappa shape index (κ3) is 4.34. The Bertz CT molecular complexity index is 1140. The molecule has 9 heteroatoms. The largest absolute Gasteiger partial charge is 0.461 e. The maximum absolute atomic E-state index is 12.8. The number of carbonyl (C=O) groups excluding carboxylic acids is 2. The van der Waals surface area contributed by atoms with Gasteiger partial charge in [0, 0.05) is 10.7 Å². The van der Waals surface area contributed by atoms with E-state index in [4.69, 9.17) is 16.3 Å². The second-order valence-corrected chi connectivity index (χ2v) is 7.54. The van der Waals surface area contributed by atoms with Gasteiger partial charge >= 0.3 is 5.97 Å². The molecule has 0 fully saturated rings. The number of ether oxygens (including phenoxy) is 1. The van der Waals surface area contributed by atoms with Crippen LogP contribution in [0.25, 0.3) is 5.69 Å². The van der Waals surface area contributed by atoms with Crippen molar-refractivity contribution in [2.24, 2.45) is 11.0 Å². The normalized spacial score (nSPS) is 15.8. The summed E-state index contributed by atoms with van der Waals surface area (Å²) in [4.78, 5) is 26.7. The van der Waals surface area contributed by atoms with Gasteiger partial charge in [-0.3, -0.25) is 4.79 Å². The van der Waals surface area contributed by atoms with Gasteiger partial charge in [-0.25, -0.2) is 9.80 Å². The zero-order valence-corrected chi connectivity index (χ0v) is 17.8. The molecule has 0 N–H and O–H groups in total. The molecule has 0 unspecified atom stereocenters. The Balaban J connectivity index is 1.37. The number of anilines is 1. The topological polar surface area (TPSA) is 89.7 Å². The number of rotatable bonds is 6. The zero-order chi connectivity index (χ0) is 22.0. The van der Waals surface area contributed by atoms with Crippen LogP contribution in [0, 0.1) is 12.8 Å². The first-order chi connectivity index (χ1) is 14.9. The Kier molecular flexibility index (Phi) is 5.81. The summed E-state index contributed by atoms with van der Waals surface area (Å²) in [6, 6.07) is 16.2. The molecule has 1 aromatic heterocycles. The van der Waals surface area contributed by atoms with Gasteiger partial charge in [-0.15, -0.1) is 5.10 Å². The first-order valence-electron chi connectivity index (χ1n) is 9.75. The summed E-state index contributed by atoms with van der Waals surface area (Å²) in [5.74, 6) is -1.19. The van der Waals surface area contributed by atoms with Gasteiger partial charge < -0.3 is 4.74 Å². The van der Waals surface area contributed by atoms with E-state index in [0.717, 1.165) is 5.69 Å². The Labute approximate surface area is 184 Å².